The molecule has 0 aliphatic heterocycles. The van der Waals surface area contributed by atoms with Crippen LogP contribution in [0.2, 0.25) is 0 Å². The highest BCUT2D eigenvalue weighted by molar-refractivity contribution is 5.76. The zero-order valence-corrected chi connectivity index (χ0v) is 11.3. The largest absolute Gasteiger partial charge is 0.495 e. The molecule has 4 nitrogen and oxygen atoms in total. The first-order chi connectivity index (χ1) is 8.56. The first-order valence-electron chi connectivity index (χ1n) is 6.25. The van der Waals surface area contributed by atoms with Crippen molar-refractivity contribution in [2.75, 3.05) is 12.8 Å². The SMILES string of the molecule is CCC(C)CC(=O)NCc1ccc(OC)c(N)c1. The normalized spacial score (nSPS) is 11.9. The van der Waals surface area contributed by atoms with Crippen molar-refractivity contribution >= 4 is 11.6 Å². The maximum Gasteiger partial charge on any atom is 0.220 e. The van der Waals surface area contributed by atoms with Gasteiger partial charge in [-0.25, -0.2) is 0 Å². The minimum absolute atomic E-state index is 0.0822. The average molecular weight is 250 g/mol. The number of benzene rings is 1. The molecule has 0 aliphatic carbocycles. The maximum atomic E-state index is 11.6. The van der Waals surface area contributed by atoms with Crippen molar-refractivity contribution in [2.24, 2.45) is 5.92 Å². The molecule has 0 aliphatic rings. The van der Waals surface area contributed by atoms with E-state index in [0.29, 0.717) is 30.3 Å². The highest BCUT2D eigenvalue weighted by Gasteiger charge is 2.07. The lowest BCUT2D eigenvalue weighted by Crippen LogP contribution is -2.24. The van der Waals surface area contributed by atoms with Gasteiger partial charge in [0.15, 0.2) is 0 Å². The van der Waals surface area contributed by atoms with E-state index in [0.717, 1.165) is 12.0 Å². The van der Waals surface area contributed by atoms with Crippen LogP contribution in [-0.4, -0.2) is 13.0 Å². The van der Waals surface area contributed by atoms with Gasteiger partial charge in [-0.05, 0) is 23.6 Å². The van der Waals surface area contributed by atoms with Gasteiger partial charge in [-0.2, -0.15) is 0 Å². The minimum Gasteiger partial charge on any atom is -0.495 e. The van der Waals surface area contributed by atoms with Crippen LogP contribution in [0.15, 0.2) is 18.2 Å². The number of hydrogen-bond donors (Lipinski definition) is 2. The van der Waals surface area contributed by atoms with Gasteiger partial charge in [-0.1, -0.05) is 26.3 Å². The Morgan fingerprint density at radius 3 is 2.78 bits per heavy atom. The maximum absolute atomic E-state index is 11.6. The molecule has 1 aromatic carbocycles. The van der Waals surface area contributed by atoms with Crippen LogP contribution in [0.25, 0.3) is 0 Å². The van der Waals surface area contributed by atoms with E-state index in [-0.39, 0.29) is 5.91 Å². The van der Waals surface area contributed by atoms with Crippen molar-refractivity contribution in [3.63, 3.8) is 0 Å². The third kappa shape index (κ3) is 4.28. The van der Waals surface area contributed by atoms with Crippen LogP contribution in [-0.2, 0) is 11.3 Å². The molecule has 1 unspecified atom stereocenters. The fourth-order valence-corrected chi connectivity index (χ4v) is 1.63. The lowest BCUT2D eigenvalue weighted by molar-refractivity contribution is -0.122. The number of nitrogens with one attached hydrogen (secondary N) is 1. The monoisotopic (exact) mass is 250 g/mol. The third-order valence-corrected chi connectivity index (χ3v) is 3.01. The van der Waals surface area contributed by atoms with E-state index in [9.17, 15) is 4.79 Å². The Balaban J connectivity index is 2.48. The fraction of sp³-hybridized carbons (Fsp3) is 0.500. The molecule has 0 saturated carbocycles. The molecule has 1 rings (SSSR count). The molecule has 4 heteroatoms. The highest BCUT2D eigenvalue weighted by Crippen LogP contribution is 2.21. The van der Waals surface area contributed by atoms with Crippen LogP contribution in [0.1, 0.15) is 32.3 Å². The Bertz CT molecular complexity index is 405. The van der Waals surface area contributed by atoms with Crippen molar-refractivity contribution in [2.45, 2.75) is 33.2 Å². The van der Waals surface area contributed by atoms with Gasteiger partial charge in [-0.15, -0.1) is 0 Å². The van der Waals surface area contributed by atoms with Gasteiger partial charge < -0.3 is 15.8 Å². The summed E-state index contributed by atoms with van der Waals surface area (Å²) >= 11 is 0. The van der Waals surface area contributed by atoms with Gasteiger partial charge in [0.1, 0.15) is 5.75 Å². The number of methoxy groups -OCH3 is 1. The molecule has 100 valence electrons. The van der Waals surface area contributed by atoms with E-state index < -0.39 is 0 Å². The fourth-order valence-electron chi connectivity index (χ4n) is 1.63. The molecule has 0 fully saturated rings. The lowest BCUT2D eigenvalue weighted by atomic mass is 10.0. The van der Waals surface area contributed by atoms with Gasteiger partial charge in [-0.3, -0.25) is 4.79 Å². The Morgan fingerprint density at radius 2 is 2.22 bits per heavy atom. The number of carbonyl (C=O) groups is 1. The van der Waals surface area contributed by atoms with E-state index in [1.165, 1.54) is 0 Å². The number of amides is 1. The van der Waals surface area contributed by atoms with E-state index in [1.54, 1.807) is 7.11 Å². The van der Waals surface area contributed by atoms with Crippen LogP contribution in [0.4, 0.5) is 5.69 Å². The number of anilines is 1. The zero-order chi connectivity index (χ0) is 13.5. The summed E-state index contributed by atoms with van der Waals surface area (Å²) in [5.74, 6) is 1.16. The van der Waals surface area contributed by atoms with Crippen molar-refractivity contribution in [3.05, 3.63) is 23.8 Å². The summed E-state index contributed by atoms with van der Waals surface area (Å²) in [5.41, 5.74) is 7.37. The second-order valence-electron chi connectivity index (χ2n) is 4.57. The van der Waals surface area contributed by atoms with Crippen molar-refractivity contribution in [1.29, 1.82) is 0 Å². The molecule has 1 aromatic rings. The first kappa shape index (κ1) is 14.4. The van der Waals surface area contributed by atoms with Gasteiger partial charge in [0.05, 0.1) is 12.8 Å². The van der Waals surface area contributed by atoms with Crippen LogP contribution in [0, 0.1) is 5.92 Å². The minimum atomic E-state index is 0.0822. The van der Waals surface area contributed by atoms with E-state index in [4.69, 9.17) is 10.5 Å². The summed E-state index contributed by atoms with van der Waals surface area (Å²) in [6, 6.07) is 5.53. The molecule has 1 atom stereocenters. The standard InChI is InChI=1S/C14H22N2O2/c1-4-10(2)7-14(17)16-9-11-5-6-13(18-3)12(15)8-11/h5-6,8,10H,4,7,9,15H2,1-3H3,(H,16,17). The van der Waals surface area contributed by atoms with Gasteiger partial charge in [0, 0.05) is 13.0 Å². The van der Waals surface area contributed by atoms with Crippen molar-refractivity contribution in [1.82, 2.24) is 5.32 Å². The molecule has 0 aromatic heterocycles. The second-order valence-corrected chi connectivity index (χ2v) is 4.57. The molecule has 1 amide bonds. The second kappa shape index (κ2) is 6.89. The summed E-state index contributed by atoms with van der Waals surface area (Å²) in [4.78, 5) is 11.6. The zero-order valence-electron chi connectivity index (χ0n) is 11.3. The van der Waals surface area contributed by atoms with Crippen LogP contribution in [0.5, 0.6) is 5.75 Å². The van der Waals surface area contributed by atoms with Gasteiger partial charge in [0.25, 0.3) is 0 Å². The lowest BCUT2D eigenvalue weighted by Gasteiger charge is -2.10. The smallest absolute Gasteiger partial charge is 0.220 e. The number of nitrogens with two attached hydrogens (primary N) is 1. The summed E-state index contributed by atoms with van der Waals surface area (Å²) in [5, 5.41) is 2.89. The van der Waals surface area contributed by atoms with Gasteiger partial charge in [0.2, 0.25) is 5.91 Å². The molecular weight excluding hydrogens is 228 g/mol. The first-order valence-corrected chi connectivity index (χ1v) is 6.25. The summed E-state index contributed by atoms with van der Waals surface area (Å²) in [7, 11) is 1.58. The molecular formula is C14H22N2O2. The highest BCUT2D eigenvalue weighted by atomic mass is 16.5. The van der Waals surface area contributed by atoms with Crippen molar-refractivity contribution in [3.8, 4) is 5.75 Å². The number of hydrogen-bond acceptors (Lipinski definition) is 3. The molecule has 0 bridgehead atoms. The molecule has 3 N–H and O–H groups in total. The number of carbonyl (C=O) groups excluding carboxylic acids is 1. The number of ether oxygens (including phenoxy) is 1. The predicted octanol–water partition coefficient (Wildman–Crippen LogP) is 2.33. The Hall–Kier alpha value is -1.71. The molecule has 0 radical (unpaired) electrons. The predicted molar refractivity (Wildman–Crippen MR) is 73.3 cm³/mol. The van der Waals surface area contributed by atoms with E-state index >= 15 is 0 Å². The summed E-state index contributed by atoms with van der Waals surface area (Å²) < 4.78 is 5.08. The van der Waals surface area contributed by atoms with Crippen LogP contribution < -0.4 is 15.8 Å². The van der Waals surface area contributed by atoms with Crippen molar-refractivity contribution < 1.29 is 9.53 Å². The topological polar surface area (TPSA) is 64.3 Å². The average Bonchev–Trinajstić information content (AvgIpc) is 2.36. The Kier molecular flexibility index (Phi) is 5.49. The van der Waals surface area contributed by atoms with Gasteiger partial charge >= 0.3 is 0 Å². The number of rotatable bonds is 6. The van der Waals surface area contributed by atoms with E-state index in [1.807, 2.05) is 18.2 Å². The molecule has 18 heavy (non-hydrogen) atoms. The quantitative estimate of drug-likeness (QED) is 0.762. The number of nitrogen functional groups attached to an aromatic ring is 1. The molecule has 0 spiro atoms. The Labute approximate surface area is 109 Å². The van der Waals surface area contributed by atoms with Crippen LogP contribution >= 0.6 is 0 Å². The molecule has 0 heterocycles. The summed E-state index contributed by atoms with van der Waals surface area (Å²) in [6.07, 6.45) is 1.59. The summed E-state index contributed by atoms with van der Waals surface area (Å²) in [6.45, 7) is 4.66. The Morgan fingerprint density at radius 1 is 1.50 bits per heavy atom. The van der Waals surface area contributed by atoms with Crippen LogP contribution in [0.3, 0.4) is 0 Å². The molecule has 0 saturated heterocycles. The third-order valence-electron chi connectivity index (χ3n) is 3.01. The van der Waals surface area contributed by atoms with E-state index in [2.05, 4.69) is 19.2 Å².